The van der Waals surface area contributed by atoms with Crippen molar-refractivity contribution in [2.75, 3.05) is 5.73 Å². The molecule has 106 valence electrons. The number of rotatable bonds is 3. The van der Waals surface area contributed by atoms with Crippen molar-refractivity contribution >= 4 is 28.5 Å². The smallest absolute Gasteiger partial charge is 0.141 e. The zero-order valence-corrected chi connectivity index (χ0v) is 12.9. The SMILES string of the molecule is Cc1ccc(SCc2nc(N)c3ccccc3n2)cc1C. The van der Waals surface area contributed by atoms with Crippen LogP contribution in [0, 0.1) is 13.8 Å². The van der Waals surface area contributed by atoms with Gasteiger partial charge in [0.25, 0.3) is 0 Å². The summed E-state index contributed by atoms with van der Waals surface area (Å²) in [7, 11) is 0. The largest absolute Gasteiger partial charge is 0.383 e. The molecular weight excluding hydrogens is 278 g/mol. The fourth-order valence-corrected chi connectivity index (χ4v) is 3.02. The zero-order chi connectivity index (χ0) is 14.8. The van der Waals surface area contributed by atoms with Gasteiger partial charge in [0.15, 0.2) is 0 Å². The monoisotopic (exact) mass is 295 g/mol. The second-order valence-electron chi connectivity index (χ2n) is 5.08. The molecule has 1 heterocycles. The van der Waals surface area contributed by atoms with Crippen molar-refractivity contribution in [3.05, 3.63) is 59.4 Å². The molecule has 0 amide bonds. The van der Waals surface area contributed by atoms with Gasteiger partial charge >= 0.3 is 0 Å². The van der Waals surface area contributed by atoms with Gasteiger partial charge in [-0.2, -0.15) is 0 Å². The highest BCUT2D eigenvalue weighted by atomic mass is 32.2. The summed E-state index contributed by atoms with van der Waals surface area (Å²) in [5.74, 6) is 2.04. The first kappa shape index (κ1) is 13.9. The van der Waals surface area contributed by atoms with E-state index in [-0.39, 0.29) is 0 Å². The molecule has 0 saturated carbocycles. The molecule has 2 N–H and O–H groups in total. The standard InChI is InChI=1S/C17H17N3S/c1-11-7-8-13(9-12(11)2)21-10-16-19-15-6-4-3-5-14(15)17(18)20-16/h3-9H,10H2,1-2H3,(H2,18,19,20). The summed E-state index contributed by atoms with van der Waals surface area (Å²) in [5, 5.41) is 0.914. The van der Waals surface area contributed by atoms with E-state index in [0.717, 1.165) is 22.5 Å². The molecule has 0 fully saturated rings. The van der Waals surface area contributed by atoms with Crippen molar-refractivity contribution in [2.24, 2.45) is 0 Å². The van der Waals surface area contributed by atoms with E-state index >= 15 is 0 Å². The van der Waals surface area contributed by atoms with Crippen LogP contribution in [0.5, 0.6) is 0 Å². The molecular formula is C17H17N3S. The lowest BCUT2D eigenvalue weighted by molar-refractivity contribution is 1.07. The Bertz CT molecular complexity index is 799. The number of aromatic nitrogens is 2. The van der Waals surface area contributed by atoms with E-state index in [0.29, 0.717) is 5.82 Å². The van der Waals surface area contributed by atoms with Crippen LogP contribution < -0.4 is 5.73 Å². The third kappa shape index (κ3) is 3.00. The number of benzene rings is 2. The maximum atomic E-state index is 6.01. The van der Waals surface area contributed by atoms with Gasteiger partial charge in [-0.25, -0.2) is 9.97 Å². The minimum absolute atomic E-state index is 0.552. The second-order valence-corrected chi connectivity index (χ2v) is 6.13. The van der Waals surface area contributed by atoms with Crippen LogP contribution in [-0.4, -0.2) is 9.97 Å². The van der Waals surface area contributed by atoms with E-state index in [1.54, 1.807) is 11.8 Å². The summed E-state index contributed by atoms with van der Waals surface area (Å²) in [6.07, 6.45) is 0. The molecule has 21 heavy (non-hydrogen) atoms. The minimum Gasteiger partial charge on any atom is -0.383 e. The quantitative estimate of drug-likeness (QED) is 0.738. The Balaban J connectivity index is 1.83. The van der Waals surface area contributed by atoms with Crippen molar-refractivity contribution in [3.63, 3.8) is 0 Å². The lowest BCUT2D eigenvalue weighted by atomic mass is 10.1. The van der Waals surface area contributed by atoms with Crippen LogP contribution in [0.25, 0.3) is 10.9 Å². The first-order valence-corrected chi connectivity index (χ1v) is 7.83. The number of para-hydroxylation sites is 1. The summed E-state index contributed by atoms with van der Waals surface area (Å²) in [6, 6.07) is 14.3. The molecule has 0 unspecified atom stereocenters. The third-order valence-electron chi connectivity index (χ3n) is 3.53. The zero-order valence-electron chi connectivity index (χ0n) is 12.1. The Kier molecular flexibility index (Phi) is 3.80. The molecule has 0 aliphatic heterocycles. The van der Waals surface area contributed by atoms with Crippen LogP contribution in [0.1, 0.15) is 17.0 Å². The molecule has 1 aromatic heterocycles. The van der Waals surface area contributed by atoms with E-state index in [1.807, 2.05) is 24.3 Å². The van der Waals surface area contributed by atoms with Gasteiger partial charge in [-0.1, -0.05) is 18.2 Å². The summed E-state index contributed by atoms with van der Waals surface area (Å²) in [5.41, 5.74) is 9.53. The molecule has 0 bridgehead atoms. The van der Waals surface area contributed by atoms with E-state index in [2.05, 4.69) is 42.0 Å². The Morgan fingerprint density at radius 2 is 1.81 bits per heavy atom. The van der Waals surface area contributed by atoms with Crippen molar-refractivity contribution < 1.29 is 0 Å². The summed E-state index contributed by atoms with van der Waals surface area (Å²) < 4.78 is 0. The van der Waals surface area contributed by atoms with Gasteiger partial charge in [-0.15, -0.1) is 11.8 Å². The number of fused-ring (bicyclic) bond motifs is 1. The van der Waals surface area contributed by atoms with Crippen LogP contribution in [0.3, 0.4) is 0 Å². The van der Waals surface area contributed by atoms with Gasteiger partial charge in [0.2, 0.25) is 0 Å². The molecule has 3 rings (SSSR count). The van der Waals surface area contributed by atoms with Gasteiger partial charge in [0, 0.05) is 10.3 Å². The van der Waals surface area contributed by atoms with E-state index in [4.69, 9.17) is 5.73 Å². The minimum atomic E-state index is 0.552. The number of nitrogens with two attached hydrogens (primary N) is 1. The van der Waals surface area contributed by atoms with Gasteiger partial charge in [0.1, 0.15) is 11.6 Å². The van der Waals surface area contributed by atoms with Crippen molar-refractivity contribution in [3.8, 4) is 0 Å². The van der Waals surface area contributed by atoms with Crippen molar-refractivity contribution in [1.29, 1.82) is 0 Å². The molecule has 0 aliphatic rings. The van der Waals surface area contributed by atoms with Crippen LogP contribution in [0.15, 0.2) is 47.4 Å². The maximum Gasteiger partial charge on any atom is 0.141 e. The maximum absolute atomic E-state index is 6.01. The number of nitrogens with zero attached hydrogens (tertiary/aromatic N) is 2. The highest BCUT2D eigenvalue weighted by Crippen LogP contribution is 2.25. The summed E-state index contributed by atoms with van der Waals surface area (Å²) in [6.45, 7) is 4.25. The first-order valence-electron chi connectivity index (χ1n) is 6.84. The molecule has 2 aromatic carbocycles. The fraction of sp³-hybridized carbons (Fsp3) is 0.176. The number of hydrogen-bond donors (Lipinski definition) is 1. The first-order chi connectivity index (χ1) is 10.1. The third-order valence-corrected chi connectivity index (χ3v) is 4.52. The topological polar surface area (TPSA) is 51.8 Å². The average molecular weight is 295 g/mol. The summed E-state index contributed by atoms with van der Waals surface area (Å²) in [4.78, 5) is 10.2. The van der Waals surface area contributed by atoms with E-state index in [1.165, 1.54) is 16.0 Å². The van der Waals surface area contributed by atoms with E-state index in [9.17, 15) is 0 Å². The number of aryl methyl sites for hydroxylation is 2. The Morgan fingerprint density at radius 1 is 1.00 bits per heavy atom. The van der Waals surface area contributed by atoms with Crippen LogP contribution in [0.2, 0.25) is 0 Å². The van der Waals surface area contributed by atoms with Crippen LogP contribution in [0.4, 0.5) is 5.82 Å². The number of hydrogen-bond acceptors (Lipinski definition) is 4. The fourth-order valence-electron chi connectivity index (χ4n) is 2.17. The number of nitrogen functional groups attached to an aromatic ring is 1. The van der Waals surface area contributed by atoms with Crippen molar-refractivity contribution in [1.82, 2.24) is 9.97 Å². The van der Waals surface area contributed by atoms with Gasteiger partial charge < -0.3 is 5.73 Å². The molecule has 0 spiro atoms. The Hall–Kier alpha value is -2.07. The van der Waals surface area contributed by atoms with Crippen LogP contribution in [-0.2, 0) is 5.75 Å². The normalized spacial score (nSPS) is 11.0. The molecule has 0 radical (unpaired) electrons. The van der Waals surface area contributed by atoms with Gasteiger partial charge in [-0.05, 0) is 49.2 Å². The van der Waals surface area contributed by atoms with Crippen molar-refractivity contribution in [2.45, 2.75) is 24.5 Å². The molecule has 3 aromatic rings. The Morgan fingerprint density at radius 3 is 2.62 bits per heavy atom. The lowest BCUT2D eigenvalue weighted by Gasteiger charge is -2.07. The summed E-state index contributed by atoms with van der Waals surface area (Å²) >= 11 is 1.73. The van der Waals surface area contributed by atoms with E-state index < -0.39 is 0 Å². The van der Waals surface area contributed by atoms with Gasteiger partial charge in [-0.3, -0.25) is 0 Å². The predicted molar refractivity (Wildman–Crippen MR) is 89.4 cm³/mol. The second kappa shape index (κ2) is 5.74. The average Bonchev–Trinajstić information content (AvgIpc) is 2.49. The predicted octanol–water partition coefficient (Wildman–Crippen LogP) is 4.12. The molecule has 0 atom stereocenters. The number of thioether (sulfide) groups is 1. The molecule has 4 heteroatoms. The molecule has 0 saturated heterocycles. The molecule has 3 nitrogen and oxygen atoms in total. The molecule has 0 aliphatic carbocycles. The highest BCUT2D eigenvalue weighted by molar-refractivity contribution is 7.98. The van der Waals surface area contributed by atoms with Gasteiger partial charge in [0.05, 0.1) is 11.3 Å². The Labute approximate surface area is 128 Å². The lowest BCUT2D eigenvalue weighted by Crippen LogP contribution is -1.99. The highest BCUT2D eigenvalue weighted by Gasteiger charge is 2.06. The number of anilines is 1. The van der Waals surface area contributed by atoms with Crippen LogP contribution >= 0.6 is 11.8 Å².